The Morgan fingerprint density at radius 3 is 2.56 bits per heavy atom. The highest BCUT2D eigenvalue weighted by Crippen LogP contribution is 2.28. The molecule has 0 N–H and O–H groups in total. The first-order valence-electron chi connectivity index (χ1n) is 4.62. The van der Waals surface area contributed by atoms with Gasteiger partial charge in [0.15, 0.2) is 0 Å². The van der Waals surface area contributed by atoms with Crippen molar-refractivity contribution in [3.63, 3.8) is 0 Å². The summed E-state index contributed by atoms with van der Waals surface area (Å²) in [5.74, 6) is 0.640. The summed E-state index contributed by atoms with van der Waals surface area (Å²) in [7, 11) is 0. The van der Waals surface area contributed by atoms with Gasteiger partial charge in [0.25, 0.3) is 0 Å². The van der Waals surface area contributed by atoms with E-state index in [2.05, 4.69) is 0 Å². The second-order valence-corrected chi connectivity index (χ2v) is 4.61. The van der Waals surface area contributed by atoms with E-state index in [1.165, 1.54) is 4.90 Å². The number of ether oxygens (including phenoxy) is 1. The fourth-order valence-electron chi connectivity index (χ4n) is 1.40. The molecule has 86 valence electrons. The zero-order chi connectivity index (χ0) is 11.7. The lowest BCUT2D eigenvalue weighted by atomic mass is 10.2. The van der Waals surface area contributed by atoms with E-state index in [4.69, 9.17) is 39.5 Å². The van der Waals surface area contributed by atoms with E-state index >= 15 is 0 Å². The molecule has 0 aromatic heterocycles. The molecule has 0 aliphatic carbocycles. The monoisotopic (exact) mass is 279 g/mol. The highest BCUT2D eigenvalue weighted by Gasteiger charge is 2.31. The van der Waals surface area contributed by atoms with E-state index in [0.717, 1.165) is 0 Å². The number of nitrogens with zero attached hydrogens (tertiary/aromatic N) is 1. The lowest BCUT2D eigenvalue weighted by Gasteiger charge is -2.37. The van der Waals surface area contributed by atoms with Crippen LogP contribution in [0.2, 0.25) is 10.0 Å². The second-order valence-electron chi connectivity index (χ2n) is 3.47. The maximum atomic E-state index is 10.7. The Kier molecular flexibility index (Phi) is 3.47. The number of hydrogen-bond donors (Lipinski definition) is 0. The van der Waals surface area contributed by atoms with Crippen molar-refractivity contribution in [3.05, 3.63) is 28.2 Å². The first-order valence-corrected chi connectivity index (χ1v) is 5.76. The Morgan fingerprint density at radius 1 is 1.31 bits per heavy atom. The lowest BCUT2D eigenvalue weighted by molar-refractivity contribution is 0.0531. The Morgan fingerprint density at radius 2 is 2.00 bits per heavy atom. The van der Waals surface area contributed by atoms with Gasteiger partial charge in [-0.2, -0.15) is 0 Å². The molecule has 1 saturated heterocycles. The largest absolute Gasteiger partial charge is 0.487 e. The highest BCUT2D eigenvalue weighted by atomic mass is 35.5. The summed E-state index contributed by atoms with van der Waals surface area (Å²) in [6.07, 6.45) is -0.0278. The molecule has 1 aromatic rings. The molecule has 16 heavy (non-hydrogen) atoms. The van der Waals surface area contributed by atoms with Crippen LogP contribution in [0.5, 0.6) is 5.75 Å². The quantitative estimate of drug-likeness (QED) is 0.614. The van der Waals surface area contributed by atoms with Crippen LogP contribution in [0.25, 0.3) is 0 Å². The molecule has 3 nitrogen and oxygen atoms in total. The van der Waals surface area contributed by atoms with E-state index in [9.17, 15) is 4.79 Å². The zero-order valence-corrected chi connectivity index (χ0v) is 10.4. The van der Waals surface area contributed by atoms with Crippen molar-refractivity contribution < 1.29 is 9.53 Å². The van der Waals surface area contributed by atoms with Gasteiger partial charge in [0, 0.05) is 6.07 Å². The van der Waals surface area contributed by atoms with Gasteiger partial charge in [-0.15, -0.1) is 0 Å². The average molecular weight is 281 g/mol. The normalized spacial score (nSPS) is 15.8. The van der Waals surface area contributed by atoms with Gasteiger partial charge in [-0.1, -0.05) is 23.2 Å². The molecule has 1 aliphatic heterocycles. The summed E-state index contributed by atoms with van der Waals surface area (Å²) in [6.45, 7) is 1.01. The van der Waals surface area contributed by atoms with E-state index < -0.39 is 5.37 Å². The van der Waals surface area contributed by atoms with Crippen molar-refractivity contribution in [1.29, 1.82) is 0 Å². The number of benzene rings is 1. The minimum atomic E-state index is -0.450. The van der Waals surface area contributed by atoms with Crippen LogP contribution >= 0.6 is 34.8 Å². The van der Waals surface area contributed by atoms with E-state index in [0.29, 0.717) is 28.9 Å². The van der Waals surface area contributed by atoms with Crippen molar-refractivity contribution in [1.82, 2.24) is 4.90 Å². The first kappa shape index (κ1) is 11.8. The van der Waals surface area contributed by atoms with E-state index in [1.54, 1.807) is 18.2 Å². The van der Waals surface area contributed by atoms with Crippen LogP contribution < -0.4 is 4.74 Å². The van der Waals surface area contributed by atoms with Crippen molar-refractivity contribution in [2.45, 2.75) is 6.10 Å². The Hall–Kier alpha value is -0.640. The molecule has 0 unspecified atom stereocenters. The van der Waals surface area contributed by atoms with Crippen LogP contribution in [-0.4, -0.2) is 29.5 Å². The molecule has 0 radical (unpaired) electrons. The van der Waals surface area contributed by atoms with Crippen molar-refractivity contribution >= 4 is 40.2 Å². The van der Waals surface area contributed by atoms with E-state index in [-0.39, 0.29) is 6.10 Å². The van der Waals surface area contributed by atoms with Gasteiger partial charge in [0.1, 0.15) is 11.9 Å². The van der Waals surface area contributed by atoms with Gasteiger partial charge in [-0.05, 0) is 23.7 Å². The van der Waals surface area contributed by atoms with Crippen LogP contribution in [0.3, 0.4) is 0 Å². The van der Waals surface area contributed by atoms with Crippen molar-refractivity contribution in [2.75, 3.05) is 13.1 Å². The molecule has 1 fully saturated rings. The molecule has 1 aliphatic rings. The second kappa shape index (κ2) is 4.70. The maximum absolute atomic E-state index is 10.7. The minimum Gasteiger partial charge on any atom is -0.487 e. The lowest BCUT2D eigenvalue weighted by Crippen LogP contribution is -2.54. The predicted molar refractivity (Wildman–Crippen MR) is 63.7 cm³/mol. The third-order valence-electron chi connectivity index (χ3n) is 2.29. The molecule has 0 saturated carbocycles. The van der Waals surface area contributed by atoms with Gasteiger partial charge in [0.05, 0.1) is 23.1 Å². The fourth-order valence-corrected chi connectivity index (χ4v) is 1.82. The molecule has 1 amide bonds. The van der Waals surface area contributed by atoms with Crippen LogP contribution in [0, 0.1) is 0 Å². The molecule has 2 rings (SSSR count). The van der Waals surface area contributed by atoms with Crippen molar-refractivity contribution in [3.8, 4) is 5.75 Å². The van der Waals surface area contributed by atoms with Crippen LogP contribution in [0.4, 0.5) is 4.79 Å². The topological polar surface area (TPSA) is 29.5 Å². The van der Waals surface area contributed by atoms with E-state index in [1.807, 2.05) is 0 Å². The molecule has 0 atom stereocenters. The number of halogens is 3. The molecular weight excluding hydrogens is 272 g/mol. The summed E-state index contributed by atoms with van der Waals surface area (Å²) in [4.78, 5) is 12.2. The first-order chi connectivity index (χ1) is 7.56. The highest BCUT2D eigenvalue weighted by molar-refractivity contribution is 6.62. The molecular formula is C10H8Cl3NO2. The number of carbonyl (C=O) groups is 1. The summed E-state index contributed by atoms with van der Waals surface area (Å²) >= 11 is 16.9. The smallest absolute Gasteiger partial charge is 0.316 e. The van der Waals surface area contributed by atoms with Crippen LogP contribution in [0.1, 0.15) is 0 Å². The maximum Gasteiger partial charge on any atom is 0.316 e. The third kappa shape index (κ3) is 2.54. The Bertz CT molecular complexity index is 419. The Balaban J connectivity index is 1.91. The molecule has 1 aromatic carbocycles. The molecule has 6 heteroatoms. The van der Waals surface area contributed by atoms with Crippen LogP contribution in [0.15, 0.2) is 18.2 Å². The third-order valence-corrected chi connectivity index (χ3v) is 3.27. The fraction of sp³-hybridized carbons (Fsp3) is 0.300. The van der Waals surface area contributed by atoms with Gasteiger partial charge in [-0.3, -0.25) is 4.79 Å². The molecule has 0 bridgehead atoms. The van der Waals surface area contributed by atoms with Crippen LogP contribution in [-0.2, 0) is 0 Å². The number of rotatable bonds is 2. The molecule has 1 heterocycles. The standard InChI is InChI=1S/C10H8Cl3NO2/c11-8-2-1-6(3-9(8)12)16-7-4-14(5-7)10(13)15/h1-3,7H,4-5H2. The van der Waals surface area contributed by atoms with Gasteiger partial charge in [-0.25, -0.2) is 0 Å². The number of carbonyl (C=O) groups excluding carboxylic acids is 1. The number of likely N-dealkylation sites (tertiary alicyclic amines) is 1. The Labute approximate surface area is 108 Å². The van der Waals surface area contributed by atoms with Gasteiger partial charge < -0.3 is 9.64 Å². The summed E-state index contributed by atoms with van der Waals surface area (Å²) in [5, 5.41) is 0.484. The average Bonchev–Trinajstić information content (AvgIpc) is 2.15. The van der Waals surface area contributed by atoms with Gasteiger partial charge >= 0.3 is 5.37 Å². The zero-order valence-electron chi connectivity index (χ0n) is 8.12. The SMILES string of the molecule is O=C(Cl)N1CC(Oc2ccc(Cl)c(Cl)c2)C1. The summed E-state index contributed by atoms with van der Waals surface area (Å²) in [5.41, 5.74) is 0. The van der Waals surface area contributed by atoms with Gasteiger partial charge in [0.2, 0.25) is 0 Å². The number of hydrogen-bond acceptors (Lipinski definition) is 2. The predicted octanol–water partition coefficient (Wildman–Crippen LogP) is 3.42. The molecule has 0 spiro atoms. The summed E-state index contributed by atoms with van der Waals surface area (Å²) in [6, 6.07) is 5.05. The minimum absolute atomic E-state index is 0.0278. The number of amides is 1. The summed E-state index contributed by atoms with van der Waals surface area (Å²) < 4.78 is 5.57. The van der Waals surface area contributed by atoms with Crippen molar-refractivity contribution in [2.24, 2.45) is 0 Å².